The molecular weight excluding hydrogens is 150 g/mol. The zero-order valence-electron chi connectivity index (χ0n) is 6.29. The summed E-state index contributed by atoms with van der Waals surface area (Å²) >= 11 is 0. The van der Waals surface area contributed by atoms with E-state index in [9.17, 15) is 9.59 Å². The molecule has 0 rings (SSSR count). The van der Waals surface area contributed by atoms with Gasteiger partial charge in [0.1, 0.15) is 6.42 Å². The third kappa shape index (κ3) is 5.35. The number of esters is 1. The number of carbonyl (C=O) groups excluding carboxylic acids is 2. The Labute approximate surface area is 64.3 Å². The van der Waals surface area contributed by atoms with Crippen LogP contribution < -0.4 is 5.32 Å². The Kier molecular flexibility index (Phi) is 5.10. The molecule has 0 heterocycles. The summed E-state index contributed by atoms with van der Waals surface area (Å²) in [5, 5.41) is 10.6. The third-order valence-corrected chi connectivity index (χ3v) is 0.967. The largest absolute Gasteiger partial charge is 0.469 e. The Morgan fingerprint density at radius 1 is 1.55 bits per heavy atom. The maximum Gasteiger partial charge on any atom is 0.315 e. The van der Waals surface area contributed by atoms with Gasteiger partial charge < -0.3 is 15.2 Å². The molecule has 0 aromatic rings. The van der Waals surface area contributed by atoms with Crippen LogP contribution in [0.25, 0.3) is 0 Å². The van der Waals surface area contributed by atoms with Crippen molar-refractivity contribution < 1.29 is 19.4 Å². The van der Waals surface area contributed by atoms with Crippen molar-refractivity contribution in [1.82, 2.24) is 5.32 Å². The van der Waals surface area contributed by atoms with Crippen molar-refractivity contribution in [2.75, 3.05) is 20.3 Å². The summed E-state index contributed by atoms with van der Waals surface area (Å²) in [6, 6.07) is 0. The summed E-state index contributed by atoms with van der Waals surface area (Å²) in [6.07, 6.45) is -0.295. The highest BCUT2D eigenvalue weighted by atomic mass is 16.5. The first kappa shape index (κ1) is 9.90. The number of nitrogens with one attached hydrogen (secondary N) is 1. The topological polar surface area (TPSA) is 75.6 Å². The fraction of sp³-hybridized carbons (Fsp3) is 0.667. The van der Waals surface area contributed by atoms with Crippen molar-refractivity contribution >= 4 is 11.9 Å². The molecule has 0 unspecified atom stereocenters. The minimum atomic E-state index is -0.583. The van der Waals surface area contributed by atoms with E-state index in [1.807, 2.05) is 0 Å². The monoisotopic (exact) mass is 161 g/mol. The molecule has 0 saturated carbocycles. The molecular formula is C6H11NO4. The van der Waals surface area contributed by atoms with E-state index in [1.165, 1.54) is 7.11 Å². The maximum atomic E-state index is 10.6. The highest BCUT2D eigenvalue weighted by Gasteiger charge is 2.07. The number of aliphatic hydroxyl groups excluding tert-OH is 1. The lowest BCUT2D eigenvalue weighted by molar-refractivity contribution is -0.143. The second kappa shape index (κ2) is 5.67. The van der Waals surface area contributed by atoms with Gasteiger partial charge >= 0.3 is 5.97 Å². The molecule has 5 nitrogen and oxygen atoms in total. The summed E-state index contributed by atoms with van der Waals surface area (Å²) in [7, 11) is 1.21. The van der Waals surface area contributed by atoms with Gasteiger partial charge in [0.25, 0.3) is 0 Å². The van der Waals surface area contributed by atoms with Crippen LogP contribution in [0.1, 0.15) is 6.42 Å². The van der Waals surface area contributed by atoms with Crippen LogP contribution in [0.4, 0.5) is 0 Å². The number of aliphatic hydroxyl groups is 1. The van der Waals surface area contributed by atoms with Crippen molar-refractivity contribution in [2.45, 2.75) is 6.42 Å². The minimum absolute atomic E-state index is 0.132. The Balaban J connectivity index is 3.44. The number of rotatable bonds is 4. The van der Waals surface area contributed by atoms with E-state index in [0.717, 1.165) is 0 Å². The Morgan fingerprint density at radius 2 is 2.18 bits per heavy atom. The molecule has 11 heavy (non-hydrogen) atoms. The van der Waals surface area contributed by atoms with E-state index in [-0.39, 0.29) is 19.6 Å². The van der Waals surface area contributed by atoms with Crippen LogP contribution in [0.5, 0.6) is 0 Å². The predicted molar refractivity (Wildman–Crippen MR) is 36.7 cm³/mol. The zero-order chi connectivity index (χ0) is 8.69. The van der Waals surface area contributed by atoms with Crippen molar-refractivity contribution in [1.29, 1.82) is 0 Å². The quantitative estimate of drug-likeness (QED) is 0.395. The zero-order valence-corrected chi connectivity index (χ0v) is 6.29. The van der Waals surface area contributed by atoms with Crippen LogP contribution in [0, 0.1) is 0 Å². The first-order valence-corrected chi connectivity index (χ1v) is 3.15. The lowest BCUT2D eigenvalue weighted by Crippen LogP contribution is -2.28. The lowest BCUT2D eigenvalue weighted by atomic mass is 10.4. The van der Waals surface area contributed by atoms with Gasteiger partial charge in [-0.25, -0.2) is 0 Å². The second-order valence-electron chi connectivity index (χ2n) is 1.83. The van der Waals surface area contributed by atoms with E-state index >= 15 is 0 Å². The molecule has 0 saturated heterocycles. The van der Waals surface area contributed by atoms with Crippen molar-refractivity contribution in [3.63, 3.8) is 0 Å². The van der Waals surface area contributed by atoms with Crippen LogP contribution >= 0.6 is 0 Å². The van der Waals surface area contributed by atoms with Gasteiger partial charge in [-0.2, -0.15) is 0 Å². The van der Waals surface area contributed by atoms with Crippen molar-refractivity contribution in [2.24, 2.45) is 0 Å². The second-order valence-corrected chi connectivity index (χ2v) is 1.83. The highest BCUT2D eigenvalue weighted by Crippen LogP contribution is 1.82. The normalized spacial score (nSPS) is 8.91. The summed E-state index contributed by atoms with van der Waals surface area (Å²) in [4.78, 5) is 21.1. The lowest BCUT2D eigenvalue weighted by Gasteiger charge is -2.00. The van der Waals surface area contributed by atoms with E-state index in [4.69, 9.17) is 5.11 Å². The average molecular weight is 161 g/mol. The third-order valence-electron chi connectivity index (χ3n) is 0.967. The fourth-order valence-electron chi connectivity index (χ4n) is 0.461. The summed E-state index contributed by atoms with van der Waals surface area (Å²) in [6.45, 7) is 0.0305. The molecule has 0 aliphatic heterocycles. The molecule has 2 N–H and O–H groups in total. The molecule has 64 valence electrons. The van der Waals surface area contributed by atoms with Gasteiger partial charge in [0.2, 0.25) is 5.91 Å². The Bertz CT molecular complexity index is 146. The first-order valence-electron chi connectivity index (χ1n) is 3.15. The van der Waals surface area contributed by atoms with Crippen LogP contribution in [-0.4, -0.2) is 37.2 Å². The van der Waals surface area contributed by atoms with Gasteiger partial charge in [0.05, 0.1) is 13.7 Å². The van der Waals surface area contributed by atoms with Gasteiger partial charge in [0.15, 0.2) is 0 Å². The summed E-state index contributed by atoms with van der Waals surface area (Å²) in [5.41, 5.74) is 0. The molecule has 0 aromatic heterocycles. The number of amides is 1. The molecule has 0 aliphatic rings. The van der Waals surface area contributed by atoms with Crippen molar-refractivity contribution in [3.8, 4) is 0 Å². The Morgan fingerprint density at radius 3 is 2.64 bits per heavy atom. The summed E-state index contributed by atoms with van der Waals surface area (Å²) < 4.78 is 4.24. The van der Waals surface area contributed by atoms with E-state index < -0.39 is 11.9 Å². The molecule has 5 heteroatoms. The van der Waals surface area contributed by atoms with E-state index in [2.05, 4.69) is 10.1 Å². The minimum Gasteiger partial charge on any atom is -0.469 e. The standard InChI is InChI=1S/C6H11NO4/c1-11-6(10)4-5(9)7-2-3-8/h8H,2-4H2,1H3,(H,7,9). The SMILES string of the molecule is COC(=O)CC(=O)NCCO. The molecule has 0 aliphatic carbocycles. The molecule has 0 aromatic carbocycles. The van der Waals surface area contributed by atoms with E-state index in [0.29, 0.717) is 0 Å². The molecule has 0 fully saturated rings. The molecule has 0 spiro atoms. The van der Waals surface area contributed by atoms with Gasteiger partial charge in [-0.15, -0.1) is 0 Å². The van der Waals surface area contributed by atoms with Crippen LogP contribution in [-0.2, 0) is 14.3 Å². The van der Waals surface area contributed by atoms with E-state index in [1.54, 1.807) is 0 Å². The number of methoxy groups -OCH3 is 1. The predicted octanol–water partition coefficient (Wildman–Crippen LogP) is -1.34. The smallest absolute Gasteiger partial charge is 0.315 e. The van der Waals surface area contributed by atoms with Gasteiger partial charge in [-0.3, -0.25) is 9.59 Å². The van der Waals surface area contributed by atoms with Crippen LogP contribution in [0.2, 0.25) is 0 Å². The Hall–Kier alpha value is -1.10. The fourth-order valence-corrected chi connectivity index (χ4v) is 0.461. The number of carbonyl (C=O) groups is 2. The molecule has 0 bridgehead atoms. The van der Waals surface area contributed by atoms with Crippen LogP contribution in [0.15, 0.2) is 0 Å². The number of hydrogen-bond donors (Lipinski definition) is 2. The van der Waals surface area contributed by atoms with Gasteiger partial charge in [0, 0.05) is 6.54 Å². The summed E-state index contributed by atoms with van der Waals surface area (Å²) in [5.74, 6) is -1.02. The molecule has 0 atom stereocenters. The van der Waals surface area contributed by atoms with Crippen molar-refractivity contribution in [3.05, 3.63) is 0 Å². The first-order chi connectivity index (χ1) is 5.20. The average Bonchev–Trinajstić information content (AvgIpc) is 2.00. The number of hydrogen-bond acceptors (Lipinski definition) is 4. The van der Waals surface area contributed by atoms with Gasteiger partial charge in [-0.1, -0.05) is 0 Å². The molecule has 0 radical (unpaired) electrons. The van der Waals surface area contributed by atoms with Crippen LogP contribution in [0.3, 0.4) is 0 Å². The maximum absolute atomic E-state index is 10.6. The van der Waals surface area contributed by atoms with Gasteiger partial charge in [-0.05, 0) is 0 Å². The number of ether oxygens (including phenoxy) is 1. The molecule has 1 amide bonds. The highest BCUT2D eigenvalue weighted by molar-refractivity contribution is 5.94.